The fraction of sp³-hybridized carbons (Fsp3) is 0.350. The number of aryl methyl sites for hydroxylation is 2. The maximum atomic E-state index is 12.3. The number of carbonyl (C=O) groups is 1. The van der Waals surface area contributed by atoms with Crippen molar-refractivity contribution in [2.75, 3.05) is 11.1 Å². The first-order valence-electron chi connectivity index (χ1n) is 8.84. The van der Waals surface area contributed by atoms with Crippen LogP contribution in [0.5, 0.6) is 0 Å². The second-order valence-electron chi connectivity index (χ2n) is 6.91. The van der Waals surface area contributed by atoms with Crippen molar-refractivity contribution in [3.05, 3.63) is 46.6 Å². The number of thioether (sulfide) groups is 1. The van der Waals surface area contributed by atoms with Crippen LogP contribution in [0.1, 0.15) is 29.3 Å². The number of benzene rings is 1. The summed E-state index contributed by atoms with van der Waals surface area (Å²) < 4.78 is 0. The second-order valence-corrected chi connectivity index (χ2v) is 8.96. The van der Waals surface area contributed by atoms with Gasteiger partial charge in [-0.15, -0.1) is 11.3 Å². The number of hydrogen-bond acceptors (Lipinski definition) is 5. The topological polar surface area (TPSA) is 54.9 Å². The molecule has 26 heavy (non-hydrogen) atoms. The summed E-state index contributed by atoms with van der Waals surface area (Å²) in [5, 5.41) is 5.05. The van der Waals surface area contributed by atoms with Crippen LogP contribution < -0.4 is 5.32 Å². The first-order valence-corrected chi connectivity index (χ1v) is 10.6. The quantitative estimate of drug-likeness (QED) is 0.517. The summed E-state index contributed by atoms with van der Waals surface area (Å²) in [4.78, 5) is 23.8. The van der Waals surface area contributed by atoms with Crippen molar-refractivity contribution in [3.8, 4) is 0 Å². The molecule has 0 fully saturated rings. The van der Waals surface area contributed by atoms with E-state index in [1.165, 1.54) is 39.6 Å². The van der Waals surface area contributed by atoms with Gasteiger partial charge >= 0.3 is 0 Å². The van der Waals surface area contributed by atoms with Gasteiger partial charge < -0.3 is 5.32 Å². The molecule has 0 spiro atoms. The van der Waals surface area contributed by atoms with Crippen LogP contribution in [0.25, 0.3) is 10.2 Å². The van der Waals surface area contributed by atoms with E-state index in [0.29, 0.717) is 5.75 Å². The highest BCUT2D eigenvalue weighted by molar-refractivity contribution is 8.00. The van der Waals surface area contributed by atoms with Crippen molar-refractivity contribution in [2.45, 2.75) is 38.1 Å². The summed E-state index contributed by atoms with van der Waals surface area (Å²) in [7, 11) is 0. The summed E-state index contributed by atoms with van der Waals surface area (Å²) in [6, 6.07) is 7.85. The zero-order chi connectivity index (χ0) is 18.1. The van der Waals surface area contributed by atoms with E-state index < -0.39 is 0 Å². The van der Waals surface area contributed by atoms with E-state index >= 15 is 0 Å². The van der Waals surface area contributed by atoms with E-state index in [1.54, 1.807) is 17.7 Å². The highest BCUT2D eigenvalue weighted by atomic mass is 32.2. The molecular formula is C20H21N3OS2. The third-order valence-corrected chi connectivity index (χ3v) is 6.88. The van der Waals surface area contributed by atoms with Gasteiger partial charge in [-0.3, -0.25) is 4.79 Å². The lowest BCUT2D eigenvalue weighted by molar-refractivity contribution is -0.113. The van der Waals surface area contributed by atoms with Gasteiger partial charge in [-0.1, -0.05) is 36.4 Å². The predicted molar refractivity (Wildman–Crippen MR) is 109 cm³/mol. The summed E-state index contributed by atoms with van der Waals surface area (Å²) >= 11 is 3.29. The number of hydrogen-bond donors (Lipinski definition) is 1. The number of nitrogens with zero attached hydrogens (tertiary/aromatic N) is 2. The van der Waals surface area contributed by atoms with Crippen LogP contribution in [0, 0.1) is 12.8 Å². The third kappa shape index (κ3) is 3.62. The Labute approximate surface area is 161 Å². The van der Waals surface area contributed by atoms with Gasteiger partial charge in [0.1, 0.15) is 16.2 Å². The van der Waals surface area contributed by atoms with Crippen molar-refractivity contribution in [2.24, 2.45) is 5.92 Å². The van der Waals surface area contributed by atoms with Gasteiger partial charge in [-0.25, -0.2) is 9.97 Å². The van der Waals surface area contributed by atoms with Crippen molar-refractivity contribution >= 4 is 44.9 Å². The number of fused-ring (bicyclic) bond motifs is 3. The zero-order valence-corrected chi connectivity index (χ0v) is 16.5. The van der Waals surface area contributed by atoms with Gasteiger partial charge in [0, 0.05) is 16.0 Å². The van der Waals surface area contributed by atoms with Gasteiger partial charge in [0.15, 0.2) is 0 Å². The van der Waals surface area contributed by atoms with Crippen LogP contribution >= 0.6 is 23.1 Å². The monoisotopic (exact) mass is 383 g/mol. The van der Waals surface area contributed by atoms with Gasteiger partial charge in [-0.2, -0.15) is 0 Å². The Bertz CT molecular complexity index is 950. The average Bonchev–Trinajstić information content (AvgIpc) is 3.00. The maximum Gasteiger partial charge on any atom is 0.234 e. The maximum absolute atomic E-state index is 12.3. The highest BCUT2D eigenvalue weighted by Crippen LogP contribution is 2.40. The average molecular weight is 384 g/mol. The molecule has 1 amide bonds. The van der Waals surface area contributed by atoms with Crippen molar-refractivity contribution < 1.29 is 4.79 Å². The molecule has 4 nitrogen and oxygen atoms in total. The molecule has 1 atom stereocenters. The Balaban J connectivity index is 1.50. The molecule has 1 aromatic carbocycles. The van der Waals surface area contributed by atoms with Crippen molar-refractivity contribution in [1.82, 2.24) is 9.97 Å². The molecule has 0 saturated heterocycles. The van der Waals surface area contributed by atoms with E-state index in [2.05, 4.69) is 22.2 Å². The first-order chi connectivity index (χ1) is 12.6. The summed E-state index contributed by atoms with van der Waals surface area (Å²) in [5.41, 5.74) is 3.42. The largest absolute Gasteiger partial charge is 0.325 e. The number of nitrogens with one attached hydrogen (secondary N) is 1. The fourth-order valence-corrected chi connectivity index (χ4v) is 5.56. The predicted octanol–water partition coefficient (Wildman–Crippen LogP) is 4.86. The number of carbonyl (C=O) groups excluding carboxylic acids is 1. The highest BCUT2D eigenvalue weighted by Gasteiger charge is 2.23. The number of rotatable bonds is 4. The molecule has 0 radical (unpaired) electrons. The molecule has 0 aliphatic heterocycles. The SMILES string of the molecule is Cc1ccc(NC(=O)CSc2ncnc3sc4c(c23)CC[C@H](C)C4)cc1. The summed E-state index contributed by atoms with van der Waals surface area (Å²) in [6.07, 6.45) is 5.06. The van der Waals surface area contributed by atoms with Crippen LogP contribution in [-0.4, -0.2) is 21.6 Å². The van der Waals surface area contributed by atoms with Crippen molar-refractivity contribution in [3.63, 3.8) is 0 Å². The molecule has 6 heteroatoms. The molecular weight excluding hydrogens is 362 g/mol. The molecule has 1 aliphatic carbocycles. The molecule has 0 unspecified atom stereocenters. The van der Waals surface area contributed by atoms with E-state index in [-0.39, 0.29) is 5.91 Å². The number of amides is 1. The molecule has 134 valence electrons. The molecule has 2 heterocycles. The molecule has 0 saturated carbocycles. The minimum atomic E-state index is -0.0108. The van der Waals surface area contributed by atoms with E-state index in [4.69, 9.17) is 0 Å². The lowest BCUT2D eigenvalue weighted by Crippen LogP contribution is -2.14. The normalized spacial score (nSPS) is 16.5. The Kier molecular flexibility index (Phi) is 4.96. The third-order valence-electron chi connectivity index (χ3n) is 4.73. The van der Waals surface area contributed by atoms with Crippen LogP contribution in [0.15, 0.2) is 35.6 Å². The smallest absolute Gasteiger partial charge is 0.234 e. The second kappa shape index (κ2) is 7.37. The Hall–Kier alpha value is -1.92. The van der Waals surface area contributed by atoms with Crippen LogP contribution in [0.3, 0.4) is 0 Å². The standard InChI is InChI=1S/C20H21N3OS2/c1-12-3-6-14(7-4-12)23-17(24)10-25-19-18-15-8-5-13(2)9-16(15)26-20(18)22-11-21-19/h3-4,6-7,11,13H,5,8-10H2,1-2H3,(H,23,24)/t13-/m0/s1. The lowest BCUT2D eigenvalue weighted by Gasteiger charge is -2.18. The summed E-state index contributed by atoms with van der Waals surface area (Å²) in [5.74, 6) is 1.07. The van der Waals surface area contributed by atoms with Crippen LogP contribution in [0.2, 0.25) is 0 Å². The van der Waals surface area contributed by atoms with Gasteiger partial charge in [-0.05, 0) is 49.8 Å². The van der Waals surface area contributed by atoms with E-state index in [0.717, 1.165) is 34.3 Å². The molecule has 2 aromatic heterocycles. The fourth-order valence-electron chi connectivity index (χ4n) is 3.32. The Morgan fingerprint density at radius 1 is 1.31 bits per heavy atom. The molecule has 1 aliphatic rings. The summed E-state index contributed by atoms with van der Waals surface area (Å²) in [6.45, 7) is 4.34. The lowest BCUT2D eigenvalue weighted by atomic mass is 9.89. The van der Waals surface area contributed by atoms with E-state index in [9.17, 15) is 4.79 Å². The number of aromatic nitrogens is 2. The molecule has 4 rings (SSSR count). The van der Waals surface area contributed by atoms with Gasteiger partial charge in [0.25, 0.3) is 0 Å². The van der Waals surface area contributed by atoms with Gasteiger partial charge in [0.2, 0.25) is 5.91 Å². The molecule has 0 bridgehead atoms. The van der Waals surface area contributed by atoms with E-state index in [1.807, 2.05) is 31.2 Å². The molecule has 3 aromatic rings. The number of anilines is 1. The zero-order valence-electron chi connectivity index (χ0n) is 14.9. The van der Waals surface area contributed by atoms with Crippen molar-refractivity contribution in [1.29, 1.82) is 0 Å². The number of thiophene rings is 1. The van der Waals surface area contributed by atoms with Crippen LogP contribution in [0.4, 0.5) is 5.69 Å². The first kappa shape index (κ1) is 17.5. The Morgan fingerprint density at radius 2 is 2.12 bits per heavy atom. The van der Waals surface area contributed by atoms with Gasteiger partial charge in [0.05, 0.1) is 5.75 Å². The minimum absolute atomic E-state index is 0.0108. The minimum Gasteiger partial charge on any atom is -0.325 e. The Morgan fingerprint density at radius 3 is 2.92 bits per heavy atom. The molecule has 1 N–H and O–H groups in total. The van der Waals surface area contributed by atoms with Crippen LogP contribution in [-0.2, 0) is 17.6 Å².